The Kier molecular flexibility index (Phi) is 2.74. The monoisotopic (exact) mass is 236 g/mol. The number of hydrogen-bond donors (Lipinski definition) is 0. The van der Waals surface area contributed by atoms with Gasteiger partial charge in [-0.25, -0.2) is 9.97 Å². The van der Waals surface area contributed by atoms with Crippen molar-refractivity contribution >= 4 is 17.3 Å². The molecule has 2 aromatic heterocycles. The van der Waals surface area contributed by atoms with Crippen LogP contribution in [0, 0.1) is 10.1 Å². The highest BCUT2D eigenvalue weighted by molar-refractivity contribution is 6.31. The summed E-state index contributed by atoms with van der Waals surface area (Å²) in [5, 5.41) is 10.6. The molecule has 0 aliphatic heterocycles. The topological polar surface area (TPSA) is 81.8 Å². The first kappa shape index (κ1) is 10.4. The largest absolute Gasteiger partial charge is 0.334 e. The van der Waals surface area contributed by atoms with E-state index in [0.717, 1.165) is 0 Å². The van der Waals surface area contributed by atoms with Gasteiger partial charge < -0.3 is 0 Å². The van der Waals surface area contributed by atoms with Crippen LogP contribution in [-0.4, -0.2) is 19.9 Å². The predicted molar refractivity (Wildman–Crippen MR) is 56.9 cm³/mol. The molecular formula is C9H5ClN4O2. The van der Waals surface area contributed by atoms with Crippen LogP contribution in [0.15, 0.2) is 30.7 Å². The molecule has 2 aromatic rings. The minimum Gasteiger partial charge on any atom is -0.258 e. The summed E-state index contributed by atoms with van der Waals surface area (Å²) in [5.41, 5.74) is 0.173. The van der Waals surface area contributed by atoms with Gasteiger partial charge in [-0.3, -0.25) is 15.1 Å². The highest BCUT2D eigenvalue weighted by Crippen LogP contribution is 2.30. The molecule has 0 aliphatic rings. The number of rotatable bonds is 2. The minimum atomic E-state index is -0.619. The van der Waals surface area contributed by atoms with Crippen LogP contribution in [0.4, 0.5) is 5.69 Å². The van der Waals surface area contributed by atoms with Gasteiger partial charge in [-0.2, -0.15) is 0 Å². The quantitative estimate of drug-likeness (QED) is 0.453. The van der Waals surface area contributed by atoms with Crippen molar-refractivity contribution in [3.63, 3.8) is 0 Å². The number of aromatic nitrogens is 3. The Labute approximate surface area is 95.1 Å². The Morgan fingerprint density at radius 2 is 2.06 bits per heavy atom. The first-order valence-corrected chi connectivity index (χ1v) is 4.64. The second kappa shape index (κ2) is 4.19. The van der Waals surface area contributed by atoms with Crippen LogP contribution in [-0.2, 0) is 0 Å². The third-order valence-electron chi connectivity index (χ3n) is 1.87. The van der Waals surface area contributed by atoms with Crippen molar-refractivity contribution in [2.45, 2.75) is 0 Å². The fraction of sp³-hybridized carbons (Fsp3) is 0. The summed E-state index contributed by atoms with van der Waals surface area (Å²) in [6.45, 7) is 0. The molecule has 80 valence electrons. The molecule has 0 aliphatic carbocycles. The molecule has 0 saturated heterocycles. The molecule has 0 aromatic carbocycles. The SMILES string of the molecule is O=[N+]([O-])c1c(Cl)ncnc1-c1ccccn1. The lowest BCUT2D eigenvalue weighted by Crippen LogP contribution is -1.98. The third kappa shape index (κ3) is 1.82. The van der Waals surface area contributed by atoms with E-state index in [2.05, 4.69) is 15.0 Å². The van der Waals surface area contributed by atoms with Gasteiger partial charge in [-0.1, -0.05) is 17.7 Å². The Balaban J connectivity index is 2.66. The Morgan fingerprint density at radius 1 is 1.25 bits per heavy atom. The smallest absolute Gasteiger partial charge is 0.258 e. The summed E-state index contributed by atoms with van der Waals surface area (Å²) in [7, 11) is 0. The van der Waals surface area contributed by atoms with Crippen LogP contribution in [0.3, 0.4) is 0 Å². The van der Waals surface area contributed by atoms with E-state index in [1.807, 2.05) is 0 Å². The molecule has 0 atom stereocenters. The van der Waals surface area contributed by atoms with Gasteiger partial charge in [0, 0.05) is 6.20 Å². The van der Waals surface area contributed by atoms with Gasteiger partial charge in [0.25, 0.3) is 0 Å². The summed E-state index contributed by atoms with van der Waals surface area (Å²) in [4.78, 5) is 21.6. The molecule has 6 nitrogen and oxygen atoms in total. The molecule has 0 saturated carbocycles. The predicted octanol–water partition coefficient (Wildman–Crippen LogP) is 2.10. The van der Waals surface area contributed by atoms with E-state index in [4.69, 9.17) is 11.6 Å². The first-order valence-electron chi connectivity index (χ1n) is 4.26. The van der Waals surface area contributed by atoms with E-state index in [1.54, 1.807) is 18.2 Å². The van der Waals surface area contributed by atoms with Crippen molar-refractivity contribution in [2.75, 3.05) is 0 Å². The maximum atomic E-state index is 10.8. The van der Waals surface area contributed by atoms with E-state index in [9.17, 15) is 10.1 Å². The van der Waals surface area contributed by atoms with Gasteiger partial charge in [-0.05, 0) is 12.1 Å². The van der Waals surface area contributed by atoms with Crippen LogP contribution in [0.25, 0.3) is 11.4 Å². The van der Waals surface area contributed by atoms with E-state index >= 15 is 0 Å². The molecule has 0 amide bonds. The summed E-state index contributed by atoms with van der Waals surface area (Å²) >= 11 is 5.65. The average Bonchev–Trinajstić information content (AvgIpc) is 2.29. The summed E-state index contributed by atoms with van der Waals surface area (Å²) in [6, 6.07) is 5.03. The van der Waals surface area contributed by atoms with Crippen molar-refractivity contribution in [1.29, 1.82) is 0 Å². The number of pyridine rings is 1. The Morgan fingerprint density at radius 3 is 2.69 bits per heavy atom. The van der Waals surface area contributed by atoms with Crippen LogP contribution < -0.4 is 0 Å². The molecule has 0 N–H and O–H groups in total. The van der Waals surface area contributed by atoms with E-state index in [1.165, 1.54) is 12.5 Å². The lowest BCUT2D eigenvalue weighted by atomic mass is 10.2. The van der Waals surface area contributed by atoms with Gasteiger partial charge in [0.2, 0.25) is 5.15 Å². The van der Waals surface area contributed by atoms with Gasteiger partial charge in [0.05, 0.1) is 10.6 Å². The first-order chi connectivity index (χ1) is 7.70. The summed E-state index contributed by atoms with van der Waals surface area (Å²) in [6.07, 6.45) is 2.69. The molecule has 0 unspecified atom stereocenters. The molecular weight excluding hydrogens is 232 g/mol. The number of halogens is 1. The zero-order valence-corrected chi connectivity index (χ0v) is 8.63. The zero-order valence-electron chi connectivity index (χ0n) is 7.87. The average molecular weight is 237 g/mol. The molecule has 0 radical (unpaired) electrons. The summed E-state index contributed by atoms with van der Waals surface area (Å²) < 4.78 is 0. The van der Waals surface area contributed by atoms with Gasteiger partial charge in [0.15, 0.2) is 5.69 Å². The highest BCUT2D eigenvalue weighted by Gasteiger charge is 2.22. The second-order valence-corrected chi connectivity index (χ2v) is 3.19. The van der Waals surface area contributed by atoms with Crippen molar-refractivity contribution < 1.29 is 4.92 Å². The van der Waals surface area contributed by atoms with Crippen LogP contribution >= 0.6 is 11.6 Å². The maximum absolute atomic E-state index is 10.8. The molecule has 16 heavy (non-hydrogen) atoms. The minimum absolute atomic E-state index is 0.116. The lowest BCUT2D eigenvalue weighted by Gasteiger charge is -2.01. The lowest BCUT2D eigenvalue weighted by molar-refractivity contribution is -0.384. The van der Waals surface area contributed by atoms with Crippen LogP contribution in [0.1, 0.15) is 0 Å². The second-order valence-electron chi connectivity index (χ2n) is 2.83. The maximum Gasteiger partial charge on any atom is 0.334 e. The molecule has 2 rings (SSSR count). The normalized spacial score (nSPS) is 10.1. The third-order valence-corrected chi connectivity index (χ3v) is 2.14. The molecule has 0 fully saturated rings. The van der Waals surface area contributed by atoms with Gasteiger partial charge in [0.1, 0.15) is 6.33 Å². The van der Waals surface area contributed by atoms with E-state index in [-0.39, 0.29) is 16.5 Å². The fourth-order valence-electron chi connectivity index (χ4n) is 1.21. The van der Waals surface area contributed by atoms with Gasteiger partial charge >= 0.3 is 5.69 Å². The summed E-state index contributed by atoms with van der Waals surface area (Å²) in [5.74, 6) is 0. The molecule has 0 bridgehead atoms. The number of hydrogen-bond acceptors (Lipinski definition) is 5. The van der Waals surface area contributed by atoms with Crippen molar-refractivity contribution in [3.8, 4) is 11.4 Å². The van der Waals surface area contributed by atoms with Crippen molar-refractivity contribution in [2.24, 2.45) is 0 Å². The standard InChI is InChI=1S/C9H5ClN4O2/c10-9-8(14(15)16)7(12-5-13-9)6-3-1-2-4-11-6/h1-5H. The van der Waals surface area contributed by atoms with Crippen molar-refractivity contribution in [1.82, 2.24) is 15.0 Å². The van der Waals surface area contributed by atoms with Crippen molar-refractivity contribution in [3.05, 3.63) is 46.0 Å². The van der Waals surface area contributed by atoms with Crippen LogP contribution in [0.2, 0.25) is 5.15 Å². The highest BCUT2D eigenvalue weighted by atomic mass is 35.5. The van der Waals surface area contributed by atoms with E-state index < -0.39 is 4.92 Å². The molecule has 0 spiro atoms. The zero-order chi connectivity index (χ0) is 11.5. The number of nitrogens with zero attached hydrogens (tertiary/aromatic N) is 4. The van der Waals surface area contributed by atoms with Gasteiger partial charge in [-0.15, -0.1) is 0 Å². The van der Waals surface area contributed by atoms with E-state index in [0.29, 0.717) is 5.69 Å². The molecule has 2 heterocycles. The van der Waals surface area contributed by atoms with Crippen LogP contribution in [0.5, 0.6) is 0 Å². The number of nitro groups is 1. The Hall–Kier alpha value is -2.08. The Bertz CT molecular complexity index is 532. The molecule has 7 heteroatoms. The fourth-order valence-corrected chi connectivity index (χ4v) is 1.41.